The van der Waals surface area contributed by atoms with E-state index in [0.717, 1.165) is 16.0 Å². The maximum Gasteiger partial charge on any atom is 0.339 e. The number of carboxylic acids is 1. The second kappa shape index (κ2) is 22.6. The van der Waals surface area contributed by atoms with E-state index >= 15 is 0 Å². The van der Waals surface area contributed by atoms with Crippen molar-refractivity contribution < 1.29 is 24.2 Å². The van der Waals surface area contributed by atoms with Crippen molar-refractivity contribution in [3.63, 3.8) is 0 Å². The molecule has 0 heterocycles. The Morgan fingerprint density at radius 3 is 2.00 bits per heavy atom. The molecule has 50 heavy (non-hydrogen) atoms. The number of rotatable bonds is 11. The van der Waals surface area contributed by atoms with E-state index in [0.29, 0.717) is 17.2 Å². The first-order valence-corrected chi connectivity index (χ1v) is 18.7. The first kappa shape index (κ1) is 42.0. The Morgan fingerprint density at radius 1 is 0.800 bits per heavy atom. The standard InChI is InChI=1S/C36H37FN2O4S.3C2H6/c1-25-11-18-31(19-12-25)44-38(23-29-9-5-6-10-33(29)37)24-35(41)39(30-17-20-32(36(42)43)34(40)21-30)22-26-13-15-28(16-14-26)27-7-3-2-4-8-27;3*1-2/h5-6,9-21,27,40H,2-4,7-8,22-24H2,1H3,(H,42,43);3*1-2H3. The van der Waals surface area contributed by atoms with Gasteiger partial charge in [0.05, 0.1) is 13.1 Å². The van der Waals surface area contributed by atoms with Crippen molar-refractivity contribution in [1.29, 1.82) is 0 Å². The zero-order valence-electron chi connectivity index (χ0n) is 30.8. The van der Waals surface area contributed by atoms with Gasteiger partial charge < -0.3 is 15.1 Å². The summed E-state index contributed by atoms with van der Waals surface area (Å²) >= 11 is 1.37. The normalized spacial score (nSPS) is 12.3. The van der Waals surface area contributed by atoms with Gasteiger partial charge in [0.15, 0.2) is 0 Å². The largest absolute Gasteiger partial charge is 0.507 e. The van der Waals surface area contributed by atoms with E-state index in [1.807, 2.05) is 89.2 Å². The van der Waals surface area contributed by atoms with E-state index in [9.17, 15) is 24.2 Å². The average Bonchev–Trinajstić information content (AvgIpc) is 3.15. The van der Waals surface area contributed by atoms with Gasteiger partial charge in [-0.3, -0.25) is 4.79 Å². The molecule has 0 saturated heterocycles. The quantitative estimate of drug-likeness (QED) is 0.151. The van der Waals surface area contributed by atoms with E-state index in [-0.39, 0.29) is 36.9 Å². The fourth-order valence-electron chi connectivity index (χ4n) is 5.63. The third kappa shape index (κ3) is 12.6. The molecular weight excluding hydrogens is 648 g/mol. The Bertz CT molecular complexity index is 1590. The van der Waals surface area contributed by atoms with Crippen LogP contribution in [-0.4, -0.2) is 32.9 Å². The molecule has 0 unspecified atom stereocenters. The monoisotopic (exact) mass is 702 g/mol. The number of amides is 1. The van der Waals surface area contributed by atoms with Crippen molar-refractivity contribution in [3.05, 3.63) is 125 Å². The van der Waals surface area contributed by atoms with Crippen LogP contribution in [0.15, 0.2) is 95.9 Å². The molecule has 4 aromatic rings. The highest BCUT2D eigenvalue weighted by molar-refractivity contribution is 7.97. The molecule has 1 saturated carbocycles. The van der Waals surface area contributed by atoms with Gasteiger partial charge in [0.2, 0.25) is 5.91 Å². The molecule has 0 bridgehead atoms. The summed E-state index contributed by atoms with van der Waals surface area (Å²) in [6.45, 7) is 14.3. The third-order valence-corrected chi connectivity index (χ3v) is 9.09. The Hall–Kier alpha value is -4.14. The minimum absolute atomic E-state index is 0.0610. The van der Waals surface area contributed by atoms with E-state index in [2.05, 4.69) is 12.1 Å². The smallest absolute Gasteiger partial charge is 0.339 e. The Morgan fingerprint density at radius 2 is 1.42 bits per heavy atom. The molecule has 6 nitrogen and oxygen atoms in total. The van der Waals surface area contributed by atoms with Crippen LogP contribution in [0.25, 0.3) is 0 Å². The molecule has 1 aliphatic carbocycles. The minimum atomic E-state index is -1.25. The fourth-order valence-corrected chi connectivity index (χ4v) is 6.56. The number of hydrogen-bond acceptors (Lipinski definition) is 5. The van der Waals surface area contributed by atoms with Crippen LogP contribution in [0.4, 0.5) is 10.1 Å². The molecule has 0 atom stereocenters. The molecule has 1 fully saturated rings. The predicted octanol–water partition coefficient (Wildman–Crippen LogP) is 11.4. The van der Waals surface area contributed by atoms with E-state index in [4.69, 9.17) is 0 Å². The van der Waals surface area contributed by atoms with Crippen LogP contribution >= 0.6 is 11.9 Å². The number of halogens is 1. The second-order valence-electron chi connectivity index (χ2n) is 11.4. The average molecular weight is 703 g/mol. The number of aromatic hydroxyl groups is 1. The number of carbonyl (C=O) groups excluding carboxylic acids is 1. The Labute approximate surface area is 303 Å². The minimum Gasteiger partial charge on any atom is -0.507 e. The summed E-state index contributed by atoms with van der Waals surface area (Å²) in [6, 6.07) is 26.9. The highest BCUT2D eigenvalue weighted by Crippen LogP contribution is 2.33. The van der Waals surface area contributed by atoms with Crippen molar-refractivity contribution in [1.82, 2.24) is 4.31 Å². The van der Waals surface area contributed by atoms with Crippen LogP contribution < -0.4 is 4.90 Å². The molecule has 270 valence electrons. The molecule has 4 aromatic carbocycles. The van der Waals surface area contributed by atoms with Crippen LogP contribution in [0.5, 0.6) is 5.75 Å². The molecule has 2 N–H and O–H groups in total. The van der Waals surface area contributed by atoms with Crippen LogP contribution in [0.2, 0.25) is 0 Å². The number of carboxylic acid groups (broad SMARTS) is 1. The van der Waals surface area contributed by atoms with Crippen molar-refractivity contribution in [2.45, 2.75) is 104 Å². The fraction of sp³-hybridized carbons (Fsp3) is 0.381. The number of aromatic carboxylic acids is 1. The van der Waals surface area contributed by atoms with Crippen molar-refractivity contribution in [2.24, 2.45) is 0 Å². The Kier molecular flexibility index (Phi) is 19.0. The number of aryl methyl sites for hydroxylation is 1. The molecule has 8 heteroatoms. The van der Waals surface area contributed by atoms with Gasteiger partial charge in [-0.15, -0.1) is 0 Å². The van der Waals surface area contributed by atoms with Gasteiger partial charge in [0, 0.05) is 28.8 Å². The maximum atomic E-state index is 14.7. The summed E-state index contributed by atoms with van der Waals surface area (Å²) in [5, 5.41) is 19.9. The van der Waals surface area contributed by atoms with Crippen molar-refractivity contribution in [3.8, 4) is 5.75 Å². The van der Waals surface area contributed by atoms with Crippen LogP contribution in [0.3, 0.4) is 0 Å². The lowest BCUT2D eigenvalue weighted by molar-refractivity contribution is -0.118. The second-order valence-corrected chi connectivity index (χ2v) is 12.5. The highest BCUT2D eigenvalue weighted by Gasteiger charge is 2.24. The summed E-state index contributed by atoms with van der Waals surface area (Å²) < 4.78 is 16.5. The first-order chi connectivity index (χ1) is 24.3. The van der Waals surface area contributed by atoms with Gasteiger partial charge >= 0.3 is 5.97 Å². The van der Waals surface area contributed by atoms with Gasteiger partial charge in [-0.1, -0.05) is 121 Å². The molecule has 5 rings (SSSR count). The summed E-state index contributed by atoms with van der Waals surface area (Å²) in [4.78, 5) is 28.1. The highest BCUT2D eigenvalue weighted by atomic mass is 32.2. The molecule has 1 amide bonds. The van der Waals surface area contributed by atoms with Gasteiger partial charge in [-0.25, -0.2) is 13.5 Å². The maximum absolute atomic E-state index is 14.7. The van der Waals surface area contributed by atoms with Crippen LogP contribution in [-0.2, 0) is 17.9 Å². The first-order valence-electron chi connectivity index (χ1n) is 18.0. The number of hydrogen-bond donors (Lipinski definition) is 2. The number of nitrogens with zero attached hydrogens (tertiary/aromatic N) is 2. The van der Waals surface area contributed by atoms with Gasteiger partial charge in [-0.2, -0.15) is 0 Å². The summed E-state index contributed by atoms with van der Waals surface area (Å²) in [5.74, 6) is -1.74. The topological polar surface area (TPSA) is 81.1 Å². The SMILES string of the molecule is CC.CC.CC.Cc1ccc(SN(CC(=O)N(Cc2ccc(C3CCCCC3)cc2)c2ccc(C(=O)O)c(O)c2)Cc2ccccc2F)cc1. The van der Waals surface area contributed by atoms with E-state index in [1.54, 1.807) is 23.1 Å². The zero-order chi connectivity index (χ0) is 37.1. The van der Waals surface area contributed by atoms with E-state index < -0.39 is 11.7 Å². The number of anilines is 1. The van der Waals surface area contributed by atoms with E-state index in [1.165, 1.54) is 73.9 Å². The molecule has 1 aliphatic rings. The lowest BCUT2D eigenvalue weighted by Gasteiger charge is -2.28. The number of benzene rings is 4. The van der Waals surface area contributed by atoms with Gasteiger partial charge in [0.1, 0.15) is 17.1 Å². The third-order valence-electron chi connectivity index (χ3n) is 8.09. The predicted molar refractivity (Wildman–Crippen MR) is 206 cm³/mol. The van der Waals surface area contributed by atoms with Crippen molar-refractivity contribution >= 4 is 29.5 Å². The summed E-state index contributed by atoms with van der Waals surface area (Å²) in [7, 11) is 0. The summed E-state index contributed by atoms with van der Waals surface area (Å²) in [6.07, 6.45) is 6.16. The molecule has 0 spiro atoms. The lowest BCUT2D eigenvalue weighted by atomic mass is 9.84. The molecule has 0 radical (unpaired) electrons. The van der Waals surface area contributed by atoms with Crippen LogP contribution in [0.1, 0.15) is 112 Å². The molecule has 0 aliphatic heterocycles. The van der Waals surface area contributed by atoms with Gasteiger partial charge in [0.25, 0.3) is 0 Å². The summed E-state index contributed by atoms with van der Waals surface area (Å²) in [5.41, 5.74) is 3.92. The van der Waals surface area contributed by atoms with Crippen molar-refractivity contribution in [2.75, 3.05) is 11.4 Å². The molecular formula is C42H55FN2O4S. The zero-order valence-corrected chi connectivity index (χ0v) is 31.6. The molecule has 0 aromatic heterocycles. The van der Waals surface area contributed by atoms with Gasteiger partial charge in [-0.05, 0) is 79.1 Å². The lowest BCUT2D eigenvalue weighted by Crippen LogP contribution is -2.38. The number of carbonyl (C=O) groups is 2. The Balaban J connectivity index is 0.00000137. The number of phenols is 1. The van der Waals surface area contributed by atoms with Crippen LogP contribution in [0, 0.1) is 12.7 Å².